The molecule has 0 saturated heterocycles. The van der Waals surface area contributed by atoms with Crippen LogP contribution in [0.1, 0.15) is 53.3 Å². The quantitative estimate of drug-likeness (QED) is 0.777. The second-order valence-electron chi connectivity index (χ2n) is 5.68. The molecule has 3 rings (SSSR count). The van der Waals surface area contributed by atoms with E-state index in [4.69, 9.17) is 16.2 Å². The van der Waals surface area contributed by atoms with Gasteiger partial charge >= 0.3 is 0 Å². The smallest absolute Gasteiger partial charge is 0.260 e. The van der Waals surface area contributed by atoms with Crippen LogP contribution in [0.4, 0.5) is 10.7 Å². The number of nitrogens with two attached hydrogens (primary N) is 2. The predicted molar refractivity (Wildman–Crippen MR) is 81.3 cm³/mol. The number of nitrogens with one attached hydrogen (secondary N) is 1. The summed E-state index contributed by atoms with van der Waals surface area (Å²) in [6, 6.07) is 0.302. The summed E-state index contributed by atoms with van der Waals surface area (Å²) in [5, 5.41) is 4.57. The van der Waals surface area contributed by atoms with Gasteiger partial charge in [-0.25, -0.2) is 0 Å². The Bertz CT molecular complexity index is 525. The van der Waals surface area contributed by atoms with Gasteiger partial charge in [0.25, 0.3) is 5.91 Å². The summed E-state index contributed by atoms with van der Waals surface area (Å²) in [7, 11) is 1.75. The van der Waals surface area contributed by atoms with Crippen molar-refractivity contribution in [1.29, 1.82) is 0 Å². The highest BCUT2D eigenvalue weighted by molar-refractivity contribution is 7.18. The maximum absolute atomic E-state index is 11.5. The number of hydrogen-bond donors (Lipinski definition) is 3. The lowest BCUT2D eigenvalue weighted by atomic mass is 10.1. The van der Waals surface area contributed by atoms with Gasteiger partial charge in [0.2, 0.25) is 0 Å². The third-order valence-electron chi connectivity index (χ3n) is 4.26. The van der Waals surface area contributed by atoms with E-state index < -0.39 is 5.91 Å². The van der Waals surface area contributed by atoms with E-state index in [-0.39, 0.29) is 6.10 Å². The molecule has 2 aliphatic carbocycles. The molecule has 5 nitrogen and oxygen atoms in total. The van der Waals surface area contributed by atoms with E-state index in [1.54, 1.807) is 7.11 Å². The molecule has 0 bridgehead atoms. The Balaban J connectivity index is 1.88. The summed E-state index contributed by atoms with van der Waals surface area (Å²) in [6.45, 7) is 0. The topological polar surface area (TPSA) is 90.4 Å². The van der Waals surface area contributed by atoms with Crippen LogP contribution in [0, 0.1) is 0 Å². The summed E-state index contributed by atoms with van der Waals surface area (Å²) < 4.78 is 5.52. The molecule has 2 unspecified atom stereocenters. The SMILES string of the molecule is COC1CCCC1Nc1sc(C(N)=O)c(N)c1C1CC1. The molecular formula is C14H21N3O2S. The van der Waals surface area contributed by atoms with Crippen LogP contribution in [0.5, 0.6) is 0 Å². The first-order valence-corrected chi connectivity index (χ1v) is 7.94. The van der Waals surface area contributed by atoms with Crippen molar-refractivity contribution in [3.8, 4) is 0 Å². The first kappa shape index (κ1) is 13.7. The molecule has 0 spiro atoms. The van der Waals surface area contributed by atoms with Gasteiger partial charge in [0.15, 0.2) is 0 Å². The molecule has 1 aromatic heterocycles. The Morgan fingerprint density at radius 1 is 1.35 bits per heavy atom. The molecule has 110 valence electrons. The maximum atomic E-state index is 11.5. The Hall–Kier alpha value is -1.27. The van der Waals surface area contributed by atoms with Gasteiger partial charge in [0.05, 0.1) is 22.8 Å². The van der Waals surface area contributed by atoms with Crippen LogP contribution in [-0.2, 0) is 4.74 Å². The minimum Gasteiger partial charge on any atom is -0.397 e. The molecule has 2 fully saturated rings. The second-order valence-corrected chi connectivity index (χ2v) is 6.70. The summed E-state index contributed by atoms with van der Waals surface area (Å²) >= 11 is 1.40. The van der Waals surface area contributed by atoms with Crippen molar-refractivity contribution in [1.82, 2.24) is 0 Å². The van der Waals surface area contributed by atoms with Crippen molar-refractivity contribution < 1.29 is 9.53 Å². The number of hydrogen-bond acceptors (Lipinski definition) is 5. The minimum atomic E-state index is -0.433. The molecule has 2 atom stereocenters. The van der Waals surface area contributed by atoms with Crippen LogP contribution in [0.2, 0.25) is 0 Å². The fourth-order valence-electron chi connectivity index (χ4n) is 3.07. The number of carbonyl (C=O) groups excluding carboxylic acids is 1. The highest BCUT2D eigenvalue weighted by Crippen LogP contribution is 2.51. The number of methoxy groups -OCH3 is 1. The Labute approximate surface area is 122 Å². The van der Waals surface area contributed by atoms with Crippen molar-refractivity contribution >= 4 is 27.9 Å². The van der Waals surface area contributed by atoms with Crippen LogP contribution in [-0.4, -0.2) is 25.2 Å². The zero-order chi connectivity index (χ0) is 14.3. The number of amides is 1. The molecule has 0 aliphatic heterocycles. The van der Waals surface area contributed by atoms with E-state index in [2.05, 4.69) is 5.32 Å². The van der Waals surface area contributed by atoms with Crippen molar-refractivity contribution in [3.63, 3.8) is 0 Å². The standard InChI is InChI=1S/C14H21N3O2S/c1-19-9-4-2-3-8(9)17-14-10(7-5-6-7)11(15)12(20-14)13(16)18/h7-9,17H,2-6,15H2,1H3,(H2,16,18). The first-order chi connectivity index (χ1) is 9.61. The monoisotopic (exact) mass is 295 g/mol. The van der Waals surface area contributed by atoms with Gasteiger partial charge in [0, 0.05) is 12.7 Å². The van der Waals surface area contributed by atoms with Crippen molar-refractivity contribution in [2.24, 2.45) is 5.73 Å². The van der Waals surface area contributed by atoms with Gasteiger partial charge in [-0.1, -0.05) is 0 Å². The van der Waals surface area contributed by atoms with Crippen LogP contribution in [0.3, 0.4) is 0 Å². The summed E-state index contributed by atoms with van der Waals surface area (Å²) in [4.78, 5) is 12.0. The van der Waals surface area contributed by atoms with Crippen molar-refractivity contribution in [2.75, 3.05) is 18.2 Å². The van der Waals surface area contributed by atoms with Gasteiger partial charge in [-0.3, -0.25) is 4.79 Å². The zero-order valence-electron chi connectivity index (χ0n) is 11.6. The average Bonchev–Trinajstić information content (AvgIpc) is 3.05. The number of primary amides is 1. The lowest BCUT2D eigenvalue weighted by Crippen LogP contribution is -2.29. The first-order valence-electron chi connectivity index (χ1n) is 7.13. The summed E-state index contributed by atoms with van der Waals surface area (Å²) in [6.07, 6.45) is 5.86. The lowest BCUT2D eigenvalue weighted by Gasteiger charge is -2.20. The van der Waals surface area contributed by atoms with E-state index in [1.165, 1.54) is 17.8 Å². The fraction of sp³-hybridized carbons (Fsp3) is 0.643. The fourth-order valence-corrected chi connectivity index (χ4v) is 4.19. The van der Waals surface area contributed by atoms with E-state index in [0.29, 0.717) is 22.5 Å². The zero-order valence-corrected chi connectivity index (χ0v) is 12.5. The number of rotatable bonds is 5. The number of anilines is 2. The van der Waals surface area contributed by atoms with Gasteiger partial charge in [0.1, 0.15) is 4.88 Å². The molecule has 1 aromatic rings. The summed E-state index contributed by atoms with van der Waals surface area (Å²) in [5.41, 5.74) is 13.2. The molecule has 5 N–H and O–H groups in total. The molecule has 1 amide bonds. The van der Waals surface area contributed by atoms with E-state index in [1.807, 2.05) is 0 Å². The van der Waals surface area contributed by atoms with Gasteiger partial charge in [-0.2, -0.15) is 0 Å². The van der Waals surface area contributed by atoms with Gasteiger partial charge in [-0.05, 0) is 38.0 Å². The Kier molecular flexibility index (Phi) is 3.60. The molecule has 0 aromatic carbocycles. The second kappa shape index (κ2) is 5.26. The van der Waals surface area contributed by atoms with E-state index in [0.717, 1.165) is 36.2 Å². The van der Waals surface area contributed by atoms with Crippen LogP contribution < -0.4 is 16.8 Å². The molecule has 6 heteroatoms. The van der Waals surface area contributed by atoms with Crippen molar-refractivity contribution in [2.45, 2.75) is 50.2 Å². The number of nitrogen functional groups attached to an aromatic ring is 1. The van der Waals surface area contributed by atoms with E-state index >= 15 is 0 Å². The van der Waals surface area contributed by atoms with Gasteiger partial charge < -0.3 is 21.5 Å². The van der Waals surface area contributed by atoms with Gasteiger partial charge in [-0.15, -0.1) is 11.3 Å². The lowest BCUT2D eigenvalue weighted by molar-refractivity contribution is 0.100. The Morgan fingerprint density at radius 3 is 2.70 bits per heavy atom. The molecule has 0 radical (unpaired) electrons. The molecular weight excluding hydrogens is 274 g/mol. The normalized spacial score (nSPS) is 25.9. The largest absolute Gasteiger partial charge is 0.397 e. The molecule has 2 aliphatic rings. The minimum absolute atomic E-state index is 0.238. The molecule has 1 heterocycles. The summed E-state index contributed by atoms with van der Waals surface area (Å²) in [5.74, 6) is 0.0569. The highest BCUT2D eigenvalue weighted by atomic mass is 32.1. The van der Waals surface area contributed by atoms with Crippen molar-refractivity contribution in [3.05, 3.63) is 10.4 Å². The van der Waals surface area contributed by atoms with E-state index in [9.17, 15) is 4.79 Å². The van der Waals surface area contributed by atoms with Crippen LogP contribution in [0.15, 0.2) is 0 Å². The molecule has 2 saturated carbocycles. The third-order valence-corrected chi connectivity index (χ3v) is 5.43. The van der Waals surface area contributed by atoms with Crippen LogP contribution in [0.25, 0.3) is 0 Å². The van der Waals surface area contributed by atoms with Crippen LogP contribution >= 0.6 is 11.3 Å². The maximum Gasteiger partial charge on any atom is 0.260 e. The predicted octanol–water partition coefficient (Wildman–Crippen LogP) is 2.29. The number of thiophene rings is 1. The average molecular weight is 295 g/mol. The molecule has 20 heavy (non-hydrogen) atoms. The third kappa shape index (κ3) is 2.38. The number of carbonyl (C=O) groups is 1. The highest BCUT2D eigenvalue weighted by Gasteiger charge is 2.35. The number of ether oxygens (including phenoxy) is 1. The Morgan fingerprint density at radius 2 is 2.10 bits per heavy atom.